The minimum atomic E-state index is 0.0789. The van der Waals surface area contributed by atoms with Gasteiger partial charge in [-0.2, -0.15) is 0 Å². The van der Waals surface area contributed by atoms with Gasteiger partial charge in [-0.15, -0.1) is 0 Å². The molecule has 1 aliphatic rings. The highest BCUT2D eigenvalue weighted by molar-refractivity contribution is 9.10. The number of benzene rings is 1. The van der Waals surface area contributed by atoms with E-state index in [4.69, 9.17) is 4.74 Å². The SMILES string of the molecule is CCN(CC1CC1)C(=O)c1cc(OC)ccc1Br. The molecule has 0 bridgehead atoms. The zero-order valence-electron chi connectivity index (χ0n) is 10.8. The number of carbonyl (C=O) groups excluding carboxylic acids is 1. The van der Waals surface area contributed by atoms with Gasteiger partial charge in [0.25, 0.3) is 5.91 Å². The van der Waals surface area contributed by atoms with Gasteiger partial charge in [0.1, 0.15) is 5.75 Å². The van der Waals surface area contributed by atoms with E-state index in [0.717, 1.165) is 17.6 Å². The fourth-order valence-electron chi connectivity index (χ4n) is 1.93. The highest BCUT2D eigenvalue weighted by atomic mass is 79.9. The maximum atomic E-state index is 12.5. The van der Waals surface area contributed by atoms with Crippen LogP contribution in [0.3, 0.4) is 0 Å². The largest absolute Gasteiger partial charge is 0.497 e. The molecule has 0 unspecified atom stereocenters. The predicted molar refractivity (Wildman–Crippen MR) is 75.0 cm³/mol. The van der Waals surface area contributed by atoms with Gasteiger partial charge in [-0.3, -0.25) is 4.79 Å². The number of amides is 1. The van der Waals surface area contributed by atoms with Crippen LogP contribution in [-0.4, -0.2) is 31.0 Å². The molecule has 3 nitrogen and oxygen atoms in total. The van der Waals surface area contributed by atoms with Crippen LogP contribution < -0.4 is 4.74 Å². The smallest absolute Gasteiger partial charge is 0.255 e. The lowest BCUT2D eigenvalue weighted by molar-refractivity contribution is 0.0755. The van der Waals surface area contributed by atoms with Crippen molar-refractivity contribution >= 4 is 21.8 Å². The Balaban J connectivity index is 2.19. The molecule has 1 saturated carbocycles. The van der Waals surface area contributed by atoms with Crippen molar-refractivity contribution in [2.24, 2.45) is 5.92 Å². The van der Waals surface area contributed by atoms with Gasteiger partial charge in [0.2, 0.25) is 0 Å². The zero-order valence-corrected chi connectivity index (χ0v) is 12.4. The summed E-state index contributed by atoms with van der Waals surface area (Å²) < 4.78 is 6.00. The summed E-state index contributed by atoms with van der Waals surface area (Å²) in [7, 11) is 1.61. The molecule has 0 spiro atoms. The fraction of sp³-hybridized carbons (Fsp3) is 0.500. The van der Waals surface area contributed by atoms with Crippen LogP contribution in [0.15, 0.2) is 22.7 Å². The third-order valence-electron chi connectivity index (χ3n) is 3.25. The van der Waals surface area contributed by atoms with E-state index in [2.05, 4.69) is 15.9 Å². The highest BCUT2D eigenvalue weighted by Gasteiger charge is 2.27. The minimum absolute atomic E-state index is 0.0789. The van der Waals surface area contributed by atoms with Gasteiger partial charge >= 0.3 is 0 Å². The van der Waals surface area contributed by atoms with E-state index in [1.54, 1.807) is 13.2 Å². The highest BCUT2D eigenvalue weighted by Crippen LogP contribution is 2.31. The quantitative estimate of drug-likeness (QED) is 0.834. The van der Waals surface area contributed by atoms with Crippen molar-refractivity contribution in [3.63, 3.8) is 0 Å². The number of carbonyl (C=O) groups is 1. The Hall–Kier alpha value is -1.03. The second-order valence-corrected chi connectivity index (χ2v) is 5.49. The van der Waals surface area contributed by atoms with Gasteiger partial charge in [0, 0.05) is 17.6 Å². The normalized spacial score (nSPS) is 14.4. The molecule has 0 atom stereocenters. The molecule has 1 amide bonds. The number of nitrogens with zero attached hydrogens (tertiary/aromatic N) is 1. The van der Waals surface area contributed by atoms with Gasteiger partial charge in [-0.05, 0) is 59.8 Å². The average Bonchev–Trinajstić information content (AvgIpc) is 3.19. The van der Waals surface area contributed by atoms with Crippen LogP contribution in [0.1, 0.15) is 30.1 Å². The second kappa shape index (κ2) is 5.74. The maximum Gasteiger partial charge on any atom is 0.255 e. The van der Waals surface area contributed by atoms with Crippen LogP contribution in [0.4, 0.5) is 0 Å². The Morgan fingerprint density at radius 1 is 1.50 bits per heavy atom. The molecule has 0 heterocycles. The maximum absolute atomic E-state index is 12.5. The molecule has 0 aliphatic heterocycles. The number of methoxy groups -OCH3 is 1. The van der Waals surface area contributed by atoms with Crippen LogP contribution in [0.2, 0.25) is 0 Å². The standard InChI is InChI=1S/C14H18BrNO2/c1-3-16(9-10-4-5-10)14(17)12-8-11(18-2)6-7-13(12)15/h6-8,10H,3-5,9H2,1-2H3. The van der Waals surface area contributed by atoms with Crippen LogP contribution in [-0.2, 0) is 0 Å². The lowest BCUT2D eigenvalue weighted by Gasteiger charge is -2.21. The summed E-state index contributed by atoms with van der Waals surface area (Å²) in [6, 6.07) is 5.50. The number of halogens is 1. The van der Waals surface area contributed by atoms with Gasteiger partial charge in [0.05, 0.1) is 12.7 Å². The van der Waals surface area contributed by atoms with Gasteiger partial charge in [-0.25, -0.2) is 0 Å². The summed E-state index contributed by atoms with van der Waals surface area (Å²) in [4.78, 5) is 14.4. The third kappa shape index (κ3) is 3.05. The lowest BCUT2D eigenvalue weighted by atomic mass is 10.1. The van der Waals surface area contributed by atoms with Crippen molar-refractivity contribution in [2.45, 2.75) is 19.8 Å². The average molecular weight is 312 g/mol. The monoisotopic (exact) mass is 311 g/mol. The number of hydrogen-bond donors (Lipinski definition) is 0. The summed E-state index contributed by atoms with van der Waals surface area (Å²) >= 11 is 3.44. The molecule has 0 aromatic heterocycles. The van der Waals surface area contributed by atoms with E-state index in [0.29, 0.717) is 17.2 Å². The lowest BCUT2D eigenvalue weighted by Crippen LogP contribution is -2.32. The molecule has 1 aliphatic carbocycles. The van der Waals surface area contributed by atoms with Crippen LogP contribution >= 0.6 is 15.9 Å². The summed E-state index contributed by atoms with van der Waals surface area (Å²) in [5, 5.41) is 0. The van der Waals surface area contributed by atoms with Gasteiger partial charge < -0.3 is 9.64 Å². The second-order valence-electron chi connectivity index (χ2n) is 4.63. The molecule has 2 rings (SSSR count). The van der Waals surface area contributed by atoms with E-state index < -0.39 is 0 Å². The van der Waals surface area contributed by atoms with E-state index in [9.17, 15) is 4.79 Å². The molecular weight excluding hydrogens is 294 g/mol. The Morgan fingerprint density at radius 2 is 2.22 bits per heavy atom. The van der Waals surface area contributed by atoms with Crippen molar-refractivity contribution in [3.05, 3.63) is 28.2 Å². The van der Waals surface area contributed by atoms with Gasteiger partial charge in [0.15, 0.2) is 0 Å². The molecule has 0 saturated heterocycles. The Morgan fingerprint density at radius 3 is 2.78 bits per heavy atom. The zero-order chi connectivity index (χ0) is 13.1. The van der Waals surface area contributed by atoms with E-state index in [1.807, 2.05) is 24.0 Å². The van der Waals surface area contributed by atoms with Crippen LogP contribution in [0.25, 0.3) is 0 Å². The van der Waals surface area contributed by atoms with Crippen molar-refractivity contribution in [1.82, 2.24) is 4.90 Å². The minimum Gasteiger partial charge on any atom is -0.497 e. The first-order valence-corrected chi connectivity index (χ1v) is 7.07. The van der Waals surface area contributed by atoms with E-state index in [1.165, 1.54) is 12.8 Å². The summed E-state index contributed by atoms with van der Waals surface area (Å²) in [5.41, 5.74) is 0.678. The van der Waals surface area contributed by atoms with E-state index >= 15 is 0 Å². The summed E-state index contributed by atoms with van der Waals surface area (Å²) in [6.45, 7) is 3.65. The topological polar surface area (TPSA) is 29.5 Å². The molecular formula is C14H18BrNO2. The molecule has 18 heavy (non-hydrogen) atoms. The first-order valence-electron chi connectivity index (χ1n) is 6.28. The van der Waals surface area contributed by atoms with Crippen LogP contribution in [0.5, 0.6) is 5.75 Å². The molecule has 1 fully saturated rings. The molecule has 4 heteroatoms. The first kappa shape index (κ1) is 13.4. The number of ether oxygens (including phenoxy) is 1. The number of hydrogen-bond acceptors (Lipinski definition) is 2. The van der Waals surface area contributed by atoms with E-state index in [-0.39, 0.29) is 5.91 Å². The Bertz CT molecular complexity index is 443. The first-order chi connectivity index (χ1) is 8.65. The van der Waals surface area contributed by atoms with Crippen molar-refractivity contribution in [2.75, 3.05) is 20.2 Å². The third-order valence-corrected chi connectivity index (χ3v) is 3.94. The molecule has 1 aromatic rings. The van der Waals surface area contributed by atoms with Crippen molar-refractivity contribution in [1.29, 1.82) is 0 Å². The summed E-state index contributed by atoms with van der Waals surface area (Å²) in [5.74, 6) is 1.50. The molecule has 1 aromatic carbocycles. The molecule has 0 N–H and O–H groups in total. The molecule has 98 valence electrons. The van der Waals surface area contributed by atoms with Crippen molar-refractivity contribution in [3.8, 4) is 5.75 Å². The predicted octanol–water partition coefficient (Wildman–Crippen LogP) is 3.33. The fourth-order valence-corrected chi connectivity index (χ4v) is 2.35. The van der Waals surface area contributed by atoms with Crippen LogP contribution in [0, 0.1) is 5.92 Å². The molecule has 0 radical (unpaired) electrons. The van der Waals surface area contributed by atoms with Crippen molar-refractivity contribution < 1.29 is 9.53 Å². The Kier molecular flexibility index (Phi) is 4.27. The number of rotatable bonds is 5. The Labute approximate surface area is 116 Å². The summed E-state index contributed by atoms with van der Waals surface area (Å²) in [6.07, 6.45) is 2.51. The van der Waals surface area contributed by atoms with Gasteiger partial charge in [-0.1, -0.05) is 0 Å².